The van der Waals surface area contributed by atoms with Crippen LogP contribution in [0, 0.1) is 0 Å². The smallest absolute Gasteiger partial charge is 0.339 e. The third kappa shape index (κ3) is 5.82. The zero-order chi connectivity index (χ0) is 24.2. The standard InChI is InChI=1S/C23H23Cl2NO6S/c1-4-15(2)26(23(27)21-6-5-11-31-21)14-16-7-10-20(30-3)22(12-16)32-33(28,29)17-8-9-18(24)19(25)13-17/h5-13,15H,4,14H2,1-3H3. The fourth-order valence-corrected chi connectivity index (χ4v) is 4.39. The molecule has 2 aromatic carbocycles. The van der Waals surface area contributed by atoms with E-state index in [0.29, 0.717) is 5.56 Å². The van der Waals surface area contributed by atoms with Gasteiger partial charge in [-0.3, -0.25) is 4.79 Å². The van der Waals surface area contributed by atoms with Gasteiger partial charge in [-0.2, -0.15) is 8.42 Å². The first-order valence-corrected chi connectivity index (χ1v) is 12.2. The minimum atomic E-state index is -4.22. The van der Waals surface area contributed by atoms with Crippen molar-refractivity contribution in [1.82, 2.24) is 4.90 Å². The molecule has 0 fully saturated rings. The maximum atomic E-state index is 12.9. The molecule has 10 heteroatoms. The van der Waals surface area contributed by atoms with Crippen LogP contribution in [0.15, 0.2) is 64.1 Å². The number of halogens is 2. The van der Waals surface area contributed by atoms with E-state index in [1.165, 1.54) is 37.6 Å². The Labute approximate surface area is 202 Å². The minimum absolute atomic E-state index is 0.0179. The molecule has 0 aliphatic heterocycles. The van der Waals surface area contributed by atoms with Crippen LogP contribution in [0.25, 0.3) is 0 Å². The molecule has 3 aromatic rings. The van der Waals surface area contributed by atoms with Crippen LogP contribution in [-0.4, -0.2) is 32.4 Å². The second kappa shape index (κ2) is 10.5. The summed E-state index contributed by atoms with van der Waals surface area (Å²) in [5.41, 5.74) is 0.648. The van der Waals surface area contributed by atoms with Gasteiger partial charge in [-0.25, -0.2) is 0 Å². The van der Waals surface area contributed by atoms with Crippen molar-refractivity contribution >= 4 is 39.2 Å². The van der Waals surface area contributed by atoms with Crippen molar-refractivity contribution in [2.75, 3.05) is 7.11 Å². The van der Waals surface area contributed by atoms with Crippen molar-refractivity contribution < 1.29 is 26.5 Å². The predicted octanol–water partition coefficient (Wildman–Crippen LogP) is 5.80. The van der Waals surface area contributed by atoms with E-state index in [9.17, 15) is 13.2 Å². The lowest BCUT2D eigenvalue weighted by Crippen LogP contribution is -2.37. The summed E-state index contributed by atoms with van der Waals surface area (Å²) in [6.45, 7) is 4.11. The first-order valence-electron chi connectivity index (χ1n) is 10.1. The Morgan fingerprint density at radius 1 is 1.09 bits per heavy atom. The van der Waals surface area contributed by atoms with E-state index in [2.05, 4.69) is 0 Å². The Morgan fingerprint density at radius 3 is 2.45 bits per heavy atom. The number of carbonyl (C=O) groups excluding carboxylic acids is 1. The van der Waals surface area contributed by atoms with Crippen molar-refractivity contribution in [3.63, 3.8) is 0 Å². The number of methoxy groups -OCH3 is 1. The van der Waals surface area contributed by atoms with Gasteiger partial charge in [0.25, 0.3) is 5.91 Å². The quantitative estimate of drug-likeness (QED) is 0.337. The zero-order valence-electron chi connectivity index (χ0n) is 18.2. The van der Waals surface area contributed by atoms with Gasteiger partial charge >= 0.3 is 10.1 Å². The summed E-state index contributed by atoms with van der Waals surface area (Å²) in [6, 6.07) is 11.9. The third-order valence-electron chi connectivity index (χ3n) is 5.08. The molecule has 1 aromatic heterocycles. The van der Waals surface area contributed by atoms with Gasteiger partial charge in [0, 0.05) is 12.6 Å². The van der Waals surface area contributed by atoms with Crippen LogP contribution in [0.2, 0.25) is 10.0 Å². The molecule has 33 heavy (non-hydrogen) atoms. The molecule has 0 aliphatic carbocycles. The van der Waals surface area contributed by atoms with Gasteiger partial charge in [0.05, 0.1) is 23.4 Å². The second-order valence-corrected chi connectivity index (χ2v) is 9.63. The van der Waals surface area contributed by atoms with Crippen LogP contribution in [0.4, 0.5) is 0 Å². The van der Waals surface area contributed by atoms with Crippen molar-refractivity contribution in [2.24, 2.45) is 0 Å². The Hall–Kier alpha value is -2.68. The number of furan rings is 1. The predicted molar refractivity (Wildman–Crippen MR) is 126 cm³/mol. The lowest BCUT2D eigenvalue weighted by atomic mass is 10.1. The van der Waals surface area contributed by atoms with Crippen LogP contribution in [0.5, 0.6) is 11.5 Å². The third-order valence-corrected chi connectivity index (χ3v) is 7.05. The molecule has 1 heterocycles. The largest absolute Gasteiger partial charge is 0.493 e. The van der Waals surface area contributed by atoms with Crippen LogP contribution in [0.3, 0.4) is 0 Å². The van der Waals surface area contributed by atoms with Crippen molar-refractivity contribution in [1.29, 1.82) is 0 Å². The molecule has 0 spiro atoms. The number of hydrogen-bond acceptors (Lipinski definition) is 6. The Balaban J connectivity index is 1.92. The monoisotopic (exact) mass is 511 g/mol. The number of amides is 1. The summed E-state index contributed by atoms with van der Waals surface area (Å²) in [7, 11) is -2.82. The molecule has 1 unspecified atom stereocenters. The van der Waals surface area contributed by atoms with Crippen molar-refractivity contribution in [2.45, 2.75) is 37.8 Å². The van der Waals surface area contributed by atoms with E-state index in [1.54, 1.807) is 29.2 Å². The van der Waals surface area contributed by atoms with Gasteiger partial charge in [-0.05, 0) is 61.4 Å². The van der Waals surface area contributed by atoms with Gasteiger partial charge in [-0.15, -0.1) is 0 Å². The van der Waals surface area contributed by atoms with E-state index in [4.69, 9.17) is 36.5 Å². The normalized spacial score (nSPS) is 12.3. The molecule has 176 valence electrons. The van der Waals surface area contributed by atoms with Crippen LogP contribution >= 0.6 is 23.2 Å². The molecule has 0 aliphatic rings. The SMILES string of the molecule is CCC(C)N(Cc1ccc(OC)c(OS(=O)(=O)c2ccc(Cl)c(Cl)c2)c1)C(=O)c1ccco1. The highest BCUT2D eigenvalue weighted by Crippen LogP contribution is 2.33. The average molecular weight is 512 g/mol. The van der Waals surface area contributed by atoms with E-state index in [1.807, 2.05) is 13.8 Å². The van der Waals surface area contributed by atoms with E-state index >= 15 is 0 Å². The highest BCUT2D eigenvalue weighted by atomic mass is 35.5. The lowest BCUT2D eigenvalue weighted by Gasteiger charge is -2.28. The maximum Gasteiger partial charge on any atom is 0.339 e. The number of nitrogens with zero attached hydrogens (tertiary/aromatic N) is 1. The van der Waals surface area contributed by atoms with Crippen LogP contribution in [-0.2, 0) is 16.7 Å². The zero-order valence-corrected chi connectivity index (χ0v) is 20.6. The highest BCUT2D eigenvalue weighted by Gasteiger charge is 2.25. The molecule has 3 rings (SSSR count). The average Bonchev–Trinajstić information content (AvgIpc) is 3.33. The van der Waals surface area contributed by atoms with E-state index < -0.39 is 10.1 Å². The van der Waals surface area contributed by atoms with Crippen molar-refractivity contribution in [3.05, 3.63) is 76.2 Å². The molecule has 0 saturated carbocycles. The Morgan fingerprint density at radius 2 is 1.85 bits per heavy atom. The first-order chi connectivity index (χ1) is 15.7. The van der Waals surface area contributed by atoms with E-state index in [0.717, 1.165) is 6.42 Å². The Bertz CT molecular complexity index is 1230. The number of rotatable bonds is 9. The lowest BCUT2D eigenvalue weighted by molar-refractivity contribution is 0.0638. The molecule has 0 saturated heterocycles. The summed E-state index contributed by atoms with van der Waals surface area (Å²) in [6.07, 6.45) is 2.16. The fourth-order valence-electron chi connectivity index (χ4n) is 3.07. The first kappa shape index (κ1) is 25.0. The second-order valence-electron chi connectivity index (χ2n) is 7.27. The van der Waals surface area contributed by atoms with Gasteiger partial charge in [0.1, 0.15) is 4.90 Å². The van der Waals surface area contributed by atoms with Gasteiger partial charge in [0.2, 0.25) is 0 Å². The molecule has 1 amide bonds. The molecule has 0 N–H and O–H groups in total. The summed E-state index contributed by atoms with van der Waals surface area (Å²) in [5.74, 6) is 0.156. The molecule has 0 radical (unpaired) electrons. The molecule has 1 atom stereocenters. The summed E-state index contributed by atoms with van der Waals surface area (Å²) in [5, 5.41) is 0.309. The highest BCUT2D eigenvalue weighted by molar-refractivity contribution is 7.87. The molecule has 0 bridgehead atoms. The number of ether oxygens (including phenoxy) is 1. The van der Waals surface area contributed by atoms with E-state index in [-0.39, 0.29) is 50.7 Å². The topological polar surface area (TPSA) is 86.0 Å². The number of carbonyl (C=O) groups is 1. The van der Waals surface area contributed by atoms with Gasteiger partial charge in [-0.1, -0.05) is 36.2 Å². The summed E-state index contributed by atoms with van der Waals surface area (Å²) >= 11 is 11.8. The van der Waals surface area contributed by atoms with Gasteiger partial charge in [0.15, 0.2) is 17.3 Å². The molecular formula is C23H23Cl2NO6S. The molecular weight excluding hydrogens is 489 g/mol. The van der Waals surface area contributed by atoms with Crippen LogP contribution < -0.4 is 8.92 Å². The minimum Gasteiger partial charge on any atom is -0.493 e. The number of hydrogen-bond donors (Lipinski definition) is 0. The summed E-state index contributed by atoms with van der Waals surface area (Å²) in [4.78, 5) is 14.4. The summed E-state index contributed by atoms with van der Waals surface area (Å²) < 4.78 is 41.6. The number of benzene rings is 2. The van der Waals surface area contributed by atoms with Gasteiger partial charge < -0.3 is 18.2 Å². The van der Waals surface area contributed by atoms with Crippen LogP contribution in [0.1, 0.15) is 36.4 Å². The molecule has 7 nitrogen and oxygen atoms in total. The Kier molecular flexibility index (Phi) is 7.94. The fraction of sp³-hybridized carbons (Fsp3) is 0.261. The van der Waals surface area contributed by atoms with Crippen molar-refractivity contribution in [3.8, 4) is 11.5 Å². The maximum absolute atomic E-state index is 12.9.